The second kappa shape index (κ2) is 10.5. The minimum Gasteiger partial charge on any atom is -0.507 e. The van der Waals surface area contributed by atoms with E-state index in [-0.39, 0.29) is 23.5 Å². The first kappa shape index (κ1) is 26.0. The zero-order chi connectivity index (χ0) is 25.4. The van der Waals surface area contributed by atoms with Crippen LogP contribution in [0.15, 0.2) is 30.3 Å². The van der Waals surface area contributed by atoms with E-state index in [1.807, 2.05) is 0 Å². The molecule has 0 amide bonds. The van der Waals surface area contributed by atoms with E-state index in [9.17, 15) is 40.9 Å². The molecule has 2 saturated heterocycles. The Morgan fingerprint density at radius 3 is 2.29 bits per heavy atom. The highest BCUT2D eigenvalue weighted by molar-refractivity contribution is 5.94. The van der Waals surface area contributed by atoms with Gasteiger partial charge >= 0.3 is 0 Å². The number of rotatable bonds is 6. The van der Waals surface area contributed by atoms with E-state index >= 15 is 0 Å². The van der Waals surface area contributed by atoms with Crippen LogP contribution in [0.25, 0.3) is 10.8 Å². The van der Waals surface area contributed by atoms with Crippen molar-refractivity contribution in [1.29, 1.82) is 0 Å². The first-order valence-electron chi connectivity index (χ1n) is 11.2. The molecule has 0 aliphatic carbocycles. The summed E-state index contributed by atoms with van der Waals surface area (Å²) in [6.07, 6.45) is -14.7. The highest BCUT2D eigenvalue weighted by Gasteiger charge is 2.51. The Morgan fingerprint density at radius 1 is 0.857 bits per heavy atom. The summed E-state index contributed by atoms with van der Waals surface area (Å²) >= 11 is 0. The largest absolute Gasteiger partial charge is 0.507 e. The third-order valence-electron chi connectivity index (χ3n) is 6.33. The van der Waals surface area contributed by atoms with Gasteiger partial charge in [-0.3, -0.25) is 0 Å². The maximum absolute atomic E-state index is 10.8. The van der Waals surface area contributed by atoms with Crippen LogP contribution in [-0.4, -0.2) is 109 Å². The molecule has 2 aliphatic heterocycles. The molecule has 10 atom stereocenters. The van der Waals surface area contributed by atoms with E-state index in [0.29, 0.717) is 10.9 Å². The lowest BCUT2D eigenvalue weighted by molar-refractivity contribution is -0.354. The lowest BCUT2D eigenvalue weighted by Crippen LogP contribution is -2.64. The molecular formula is C23H30O12. The van der Waals surface area contributed by atoms with Crippen molar-refractivity contribution >= 4 is 10.8 Å². The van der Waals surface area contributed by atoms with Crippen LogP contribution in [0.2, 0.25) is 0 Å². The molecule has 0 spiro atoms. The van der Waals surface area contributed by atoms with Gasteiger partial charge in [-0.25, -0.2) is 0 Å². The topological polar surface area (TPSA) is 199 Å². The Hall–Kier alpha value is -2.10. The minimum absolute atomic E-state index is 0.0532. The normalized spacial score (nSPS) is 37.9. The third kappa shape index (κ3) is 4.95. The molecule has 2 aromatic rings. The summed E-state index contributed by atoms with van der Waals surface area (Å²) in [7, 11) is 0. The maximum Gasteiger partial charge on any atom is 0.229 e. The van der Waals surface area contributed by atoms with Crippen molar-refractivity contribution < 1.29 is 59.8 Å². The lowest BCUT2D eigenvalue weighted by atomic mass is 9.97. The second-order valence-corrected chi connectivity index (χ2v) is 8.73. The number of benzene rings is 2. The van der Waals surface area contributed by atoms with Crippen molar-refractivity contribution in [3.05, 3.63) is 35.9 Å². The zero-order valence-electron chi connectivity index (χ0n) is 18.8. The summed E-state index contributed by atoms with van der Waals surface area (Å²) in [6.45, 7) is 0.441. The third-order valence-corrected chi connectivity index (χ3v) is 6.33. The Balaban J connectivity index is 1.68. The summed E-state index contributed by atoms with van der Waals surface area (Å²) in [5.74, 6) is -0.0796. The second-order valence-electron chi connectivity index (χ2n) is 8.73. The predicted octanol–water partition coefficient (Wildman–Crippen LogP) is -1.93. The van der Waals surface area contributed by atoms with Crippen LogP contribution in [0.1, 0.15) is 12.5 Å². The van der Waals surface area contributed by atoms with Crippen LogP contribution >= 0.6 is 0 Å². The molecule has 0 bridgehead atoms. The maximum atomic E-state index is 10.8. The fourth-order valence-electron chi connectivity index (χ4n) is 4.31. The highest BCUT2D eigenvalue weighted by atomic mass is 16.8. The number of aromatic hydroxyl groups is 1. The smallest absolute Gasteiger partial charge is 0.229 e. The van der Waals surface area contributed by atoms with E-state index in [1.165, 1.54) is 19.1 Å². The van der Waals surface area contributed by atoms with Crippen LogP contribution in [0.3, 0.4) is 0 Å². The van der Waals surface area contributed by atoms with Gasteiger partial charge in [0.25, 0.3) is 0 Å². The van der Waals surface area contributed by atoms with E-state index in [1.54, 1.807) is 18.2 Å². The van der Waals surface area contributed by atoms with Crippen molar-refractivity contribution in [2.75, 3.05) is 6.61 Å². The van der Waals surface area contributed by atoms with E-state index in [2.05, 4.69) is 0 Å². The summed E-state index contributed by atoms with van der Waals surface area (Å²) in [5, 5.41) is 82.1. The molecule has 2 heterocycles. The number of ether oxygens (including phenoxy) is 4. The molecule has 2 fully saturated rings. The molecule has 12 nitrogen and oxygen atoms in total. The van der Waals surface area contributed by atoms with Gasteiger partial charge in [0.1, 0.15) is 48.1 Å². The van der Waals surface area contributed by atoms with Crippen molar-refractivity contribution in [3.63, 3.8) is 0 Å². The molecule has 8 N–H and O–H groups in total. The summed E-state index contributed by atoms with van der Waals surface area (Å²) < 4.78 is 22.7. The van der Waals surface area contributed by atoms with Crippen LogP contribution in [0.4, 0.5) is 0 Å². The van der Waals surface area contributed by atoms with Crippen molar-refractivity contribution in [1.82, 2.24) is 0 Å². The standard InChI is InChI=1S/C23H30O12/c1-9-16(27)18(29)20(31)22(32-9)35-21-19(30)17(28)14(8-25)34-23(21)33-13-6-10(7-24)5-11-3-2-4-12(26)15(11)13/h2-6,9,14,16-31H,7-8H2,1H3. The molecule has 194 valence electrons. The number of fused-ring (bicyclic) bond motifs is 1. The summed E-state index contributed by atoms with van der Waals surface area (Å²) in [4.78, 5) is 0. The average molecular weight is 498 g/mol. The van der Waals surface area contributed by atoms with Gasteiger partial charge in [0, 0.05) is 0 Å². The molecule has 2 aliphatic rings. The molecule has 0 radical (unpaired) electrons. The Morgan fingerprint density at radius 2 is 1.60 bits per heavy atom. The highest BCUT2D eigenvalue weighted by Crippen LogP contribution is 2.37. The molecule has 2 aromatic carbocycles. The molecule has 10 unspecified atom stereocenters. The number of aliphatic hydroxyl groups is 7. The zero-order valence-corrected chi connectivity index (χ0v) is 18.8. The molecule has 12 heteroatoms. The quantitative estimate of drug-likeness (QED) is 0.220. The van der Waals surface area contributed by atoms with E-state index in [0.717, 1.165) is 0 Å². The van der Waals surface area contributed by atoms with Crippen LogP contribution < -0.4 is 4.74 Å². The Bertz CT molecular complexity index is 1020. The Kier molecular flexibility index (Phi) is 7.78. The summed E-state index contributed by atoms with van der Waals surface area (Å²) in [5.41, 5.74) is 0.447. The van der Waals surface area contributed by atoms with Crippen molar-refractivity contribution in [3.8, 4) is 11.5 Å². The first-order valence-corrected chi connectivity index (χ1v) is 11.2. The van der Waals surface area contributed by atoms with Crippen LogP contribution in [-0.2, 0) is 20.8 Å². The number of phenols is 1. The molecule has 4 rings (SSSR count). The number of phenolic OH excluding ortho intramolecular Hbond substituents is 1. The monoisotopic (exact) mass is 498 g/mol. The average Bonchev–Trinajstić information content (AvgIpc) is 2.85. The van der Waals surface area contributed by atoms with Crippen molar-refractivity contribution in [2.24, 2.45) is 0 Å². The van der Waals surface area contributed by atoms with E-state index < -0.39 is 68.0 Å². The van der Waals surface area contributed by atoms with Crippen molar-refractivity contribution in [2.45, 2.75) is 74.9 Å². The number of aliphatic hydroxyl groups excluding tert-OH is 7. The molecule has 35 heavy (non-hydrogen) atoms. The van der Waals surface area contributed by atoms with Gasteiger partial charge < -0.3 is 59.8 Å². The van der Waals surface area contributed by atoms with Gasteiger partial charge in [-0.15, -0.1) is 0 Å². The fraction of sp³-hybridized carbons (Fsp3) is 0.565. The fourth-order valence-corrected chi connectivity index (χ4v) is 4.31. The van der Waals surface area contributed by atoms with Gasteiger partial charge in [0.15, 0.2) is 12.4 Å². The Labute approximate surface area is 200 Å². The summed E-state index contributed by atoms with van der Waals surface area (Å²) in [6, 6.07) is 7.82. The SMILES string of the molecule is CC1OC(OC2C(Oc3cc(CO)cc4cccc(O)c34)OC(CO)C(O)C2O)C(O)C(O)C1O. The lowest BCUT2D eigenvalue weighted by Gasteiger charge is -2.45. The first-order chi connectivity index (χ1) is 16.7. The number of hydrogen-bond donors (Lipinski definition) is 8. The van der Waals surface area contributed by atoms with Gasteiger partial charge in [-0.05, 0) is 36.1 Å². The molecular weight excluding hydrogens is 468 g/mol. The van der Waals surface area contributed by atoms with Gasteiger partial charge in [0.2, 0.25) is 6.29 Å². The van der Waals surface area contributed by atoms with Crippen LogP contribution in [0, 0.1) is 0 Å². The molecule has 0 saturated carbocycles. The van der Waals surface area contributed by atoms with Gasteiger partial charge in [0.05, 0.1) is 24.7 Å². The predicted molar refractivity (Wildman–Crippen MR) is 117 cm³/mol. The number of hydrogen-bond acceptors (Lipinski definition) is 12. The van der Waals surface area contributed by atoms with Gasteiger partial charge in [-0.1, -0.05) is 12.1 Å². The molecule has 0 aromatic heterocycles. The van der Waals surface area contributed by atoms with Gasteiger partial charge in [-0.2, -0.15) is 0 Å². The minimum atomic E-state index is -1.70. The van der Waals surface area contributed by atoms with Crippen LogP contribution in [0.5, 0.6) is 11.5 Å². The van der Waals surface area contributed by atoms with E-state index in [4.69, 9.17) is 18.9 Å².